The van der Waals surface area contributed by atoms with Gasteiger partial charge in [0.2, 0.25) is 0 Å². The smallest absolute Gasteiger partial charge is 0.341 e. The van der Waals surface area contributed by atoms with Crippen molar-refractivity contribution >= 4 is 17.7 Å². The molecule has 0 aliphatic rings. The monoisotopic (exact) mass is 363 g/mol. The Hall–Kier alpha value is -2.59. The molecular weight excluding hydrogens is 342 g/mol. The van der Waals surface area contributed by atoms with E-state index in [0.29, 0.717) is 10.6 Å². The first-order valence-electron chi connectivity index (χ1n) is 8.48. The molecule has 0 saturated heterocycles. The number of carbonyl (C=O) groups is 1. The Labute approximate surface area is 158 Å². The average Bonchev–Trinajstić information content (AvgIpc) is 2.65. The first kappa shape index (κ1) is 18.2. The van der Waals surface area contributed by atoms with Crippen molar-refractivity contribution in [2.75, 3.05) is 0 Å². The summed E-state index contributed by atoms with van der Waals surface area (Å²) in [5.74, 6) is 0.419. The van der Waals surface area contributed by atoms with E-state index in [9.17, 15) is 4.79 Å². The van der Waals surface area contributed by atoms with Gasteiger partial charge in [-0.25, -0.2) is 9.78 Å². The Morgan fingerprint density at radius 2 is 1.65 bits per heavy atom. The molecule has 0 aliphatic heterocycles. The van der Waals surface area contributed by atoms with Gasteiger partial charge in [0.15, 0.2) is 0 Å². The zero-order valence-electron chi connectivity index (χ0n) is 14.9. The fourth-order valence-electron chi connectivity index (χ4n) is 2.64. The summed E-state index contributed by atoms with van der Waals surface area (Å²) in [4.78, 5) is 16.9. The van der Waals surface area contributed by atoms with Gasteiger partial charge in [-0.1, -0.05) is 59.7 Å². The molecule has 3 rings (SSSR count). The number of nitrogens with zero attached hydrogens (tertiary/aromatic N) is 1. The lowest BCUT2D eigenvalue weighted by atomic mass is 10.1. The van der Waals surface area contributed by atoms with Crippen molar-refractivity contribution < 1.29 is 9.53 Å². The van der Waals surface area contributed by atoms with Gasteiger partial charge in [0.05, 0.1) is 5.56 Å². The van der Waals surface area contributed by atoms with E-state index < -0.39 is 0 Å². The van der Waals surface area contributed by atoms with Crippen LogP contribution in [0.3, 0.4) is 0 Å². The minimum Gasteiger partial charge on any atom is -0.457 e. The number of pyridine rings is 1. The quantitative estimate of drug-likeness (QED) is 0.437. The Kier molecular flexibility index (Phi) is 6.08. The van der Waals surface area contributed by atoms with E-state index in [0.717, 1.165) is 16.9 Å². The Bertz CT molecular complexity index is 908. The summed E-state index contributed by atoms with van der Waals surface area (Å²) in [6.45, 7) is 4.35. The third kappa shape index (κ3) is 4.96. The van der Waals surface area contributed by atoms with Crippen LogP contribution >= 0.6 is 11.8 Å². The van der Waals surface area contributed by atoms with Crippen molar-refractivity contribution in [1.82, 2.24) is 4.98 Å². The largest absolute Gasteiger partial charge is 0.457 e. The molecule has 1 aromatic heterocycles. The molecule has 3 nitrogen and oxygen atoms in total. The molecule has 0 N–H and O–H groups in total. The Balaban J connectivity index is 1.66. The van der Waals surface area contributed by atoms with Crippen LogP contribution in [-0.4, -0.2) is 11.0 Å². The lowest BCUT2D eigenvalue weighted by Gasteiger charge is -2.09. The molecule has 3 aromatic rings. The summed E-state index contributed by atoms with van der Waals surface area (Å²) in [7, 11) is 0. The van der Waals surface area contributed by atoms with Crippen LogP contribution in [0.1, 0.15) is 32.6 Å². The first-order chi connectivity index (χ1) is 12.6. The van der Waals surface area contributed by atoms with E-state index in [1.165, 1.54) is 11.1 Å². The number of aryl methyl sites for hydroxylation is 2. The van der Waals surface area contributed by atoms with Crippen molar-refractivity contribution in [2.45, 2.75) is 31.2 Å². The van der Waals surface area contributed by atoms with E-state index in [-0.39, 0.29) is 12.6 Å². The van der Waals surface area contributed by atoms with Crippen molar-refractivity contribution in [3.8, 4) is 0 Å². The standard InChI is InChI=1S/C22H21NO2S/c1-16-6-3-8-18(12-16)14-25-22(24)20-10-5-11-23-21(20)26-15-19-9-4-7-17(2)13-19/h3-13H,14-15H2,1-2H3. The Morgan fingerprint density at radius 1 is 0.962 bits per heavy atom. The maximum atomic E-state index is 12.5. The third-order valence-corrected chi connectivity index (χ3v) is 4.98. The molecule has 4 heteroatoms. The van der Waals surface area contributed by atoms with Crippen molar-refractivity contribution in [3.63, 3.8) is 0 Å². The van der Waals surface area contributed by atoms with Crippen LogP contribution in [0, 0.1) is 13.8 Å². The number of hydrogen-bond acceptors (Lipinski definition) is 4. The van der Waals surface area contributed by atoms with E-state index in [2.05, 4.69) is 30.1 Å². The van der Waals surface area contributed by atoms with Gasteiger partial charge < -0.3 is 4.74 Å². The Morgan fingerprint density at radius 3 is 2.38 bits per heavy atom. The molecule has 0 spiro atoms. The molecule has 0 aliphatic carbocycles. The van der Waals surface area contributed by atoms with Gasteiger partial charge in [-0.2, -0.15) is 0 Å². The highest BCUT2D eigenvalue weighted by Gasteiger charge is 2.14. The maximum absolute atomic E-state index is 12.5. The molecule has 1 heterocycles. The second-order valence-corrected chi connectivity index (χ2v) is 7.16. The normalized spacial score (nSPS) is 10.5. The van der Waals surface area contributed by atoms with Crippen LogP contribution in [0.4, 0.5) is 0 Å². The first-order valence-corrected chi connectivity index (χ1v) is 9.46. The molecule has 0 amide bonds. The van der Waals surface area contributed by atoms with Crippen molar-refractivity contribution in [2.24, 2.45) is 0 Å². The van der Waals surface area contributed by atoms with Crippen molar-refractivity contribution in [3.05, 3.63) is 94.7 Å². The van der Waals surface area contributed by atoms with E-state index in [4.69, 9.17) is 4.74 Å². The SMILES string of the molecule is Cc1cccc(COC(=O)c2cccnc2SCc2cccc(C)c2)c1. The number of rotatable bonds is 6. The maximum Gasteiger partial charge on any atom is 0.341 e. The van der Waals surface area contributed by atoms with Crippen LogP contribution < -0.4 is 0 Å². The molecule has 2 aromatic carbocycles. The number of benzene rings is 2. The molecule has 26 heavy (non-hydrogen) atoms. The molecular formula is C22H21NO2S. The van der Waals surface area contributed by atoms with Crippen LogP contribution in [-0.2, 0) is 17.1 Å². The lowest BCUT2D eigenvalue weighted by molar-refractivity contribution is 0.0467. The predicted molar refractivity (Wildman–Crippen MR) is 105 cm³/mol. The molecule has 0 unspecified atom stereocenters. The number of carbonyl (C=O) groups excluding carboxylic acids is 1. The minimum absolute atomic E-state index is 0.261. The highest BCUT2D eigenvalue weighted by Crippen LogP contribution is 2.25. The summed E-state index contributed by atoms with van der Waals surface area (Å²) in [5.41, 5.74) is 5.07. The summed E-state index contributed by atoms with van der Waals surface area (Å²) >= 11 is 1.55. The predicted octanol–water partition coefficient (Wildman–Crippen LogP) is 5.35. The summed E-state index contributed by atoms with van der Waals surface area (Å²) in [5, 5.41) is 0.697. The lowest BCUT2D eigenvalue weighted by Crippen LogP contribution is -2.07. The van der Waals surface area contributed by atoms with Gasteiger partial charge in [-0.05, 0) is 37.1 Å². The second-order valence-electron chi connectivity index (χ2n) is 6.20. The highest BCUT2D eigenvalue weighted by atomic mass is 32.2. The zero-order valence-corrected chi connectivity index (χ0v) is 15.8. The van der Waals surface area contributed by atoms with Gasteiger partial charge in [0.25, 0.3) is 0 Å². The van der Waals surface area contributed by atoms with Gasteiger partial charge in [0.1, 0.15) is 11.6 Å². The number of aromatic nitrogens is 1. The van der Waals surface area contributed by atoms with E-state index >= 15 is 0 Å². The summed E-state index contributed by atoms with van der Waals surface area (Å²) in [6.07, 6.45) is 1.70. The number of esters is 1. The minimum atomic E-state index is -0.341. The topological polar surface area (TPSA) is 39.2 Å². The zero-order chi connectivity index (χ0) is 18.4. The number of ether oxygens (including phenoxy) is 1. The van der Waals surface area contributed by atoms with Crippen LogP contribution in [0.2, 0.25) is 0 Å². The van der Waals surface area contributed by atoms with E-state index in [1.807, 2.05) is 37.3 Å². The third-order valence-electron chi connectivity index (χ3n) is 3.90. The molecule has 0 atom stereocenters. The second kappa shape index (κ2) is 8.68. The molecule has 0 bridgehead atoms. The van der Waals surface area contributed by atoms with Crippen LogP contribution in [0.25, 0.3) is 0 Å². The van der Waals surface area contributed by atoms with Crippen LogP contribution in [0.15, 0.2) is 71.9 Å². The van der Waals surface area contributed by atoms with Gasteiger partial charge in [-0.3, -0.25) is 0 Å². The fraction of sp³-hybridized carbons (Fsp3) is 0.182. The van der Waals surface area contributed by atoms with Gasteiger partial charge in [-0.15, -0.1) is 11.8 Å². The molecule has 0 fully saturated rings. The summed E-state index contributed by atoms with van der Waals surface area (Å²) < 4.78 is 5.49. The van der Waals surface area contributed by atoms with E-state index in [1.54, 1.807) is 30.1 Å². The highest BCUT2D eigenvalue weighted by molar-refractivity contribution is 7.98. The number of hydrogen-bond donors (Lipinski definition) is 0. The molecule has 0 saturated carbocycles. The van der Waals surface area contributed by atoms with Crippen LogP contribution in [0.5, 0.6) is 0 Å². The summed E-state index contributed by atoms with van der Waals surface area (Å²) in [6, 6.07) is 19.8. The molecule has 132 valence electrons. The molecule has 0 radical (unpaired) electrons. The average molecular weight is 363 g/mol. The van der Waals surface area contributed by atoms with Gasteiger partial charge >= 0.3 is 5.97 Å². The van der Waals surface area contributed by atoms with Crippen molar-refractivity contribution in [1.29, 1.82) is 0 Å². The fourth-order valence-corrected chi connectivity index (χ4v) is 3.57. The number of thioether (sulfide) groups is 1. The van der Waals surface area contributed by atoms with Gasteiger partial charge in [0, 0.05) is 11.9 Å².